The summed E-state index contributed by atoms with van der Waals surface area (Å²) in [5, 5.41) is 0. The van der Waals surface area contributed by atoms with Crippen LogP contribution in [0.2, 0.25) is 12.1 Å². The molecule has 28 heavy (non-hydrogen) atoms. The highest BCUT2D eigenvalue weighted by molar-refractivity contribution is 6.67. The monoisotopic (exact) mass is 417 g/mol. The van der Waals surface area contributed by atoms with Crippen LogP contribution in [0.25, 0.3) is 0 Å². The molecular formula is C22H51N3O2Si. The Bertz CT molecular complexity index is 336. The summed E-state index contributed by atoms with van der Waals surface area (Å²) in [7, 11) is 8.46. The molecule has 5 nitrogen and oxygen atoms in total. The molecule has 0 fully saturated rings. The average Bonchev–Trinajstić information content (AvgIpc) is 2.63. The van der Waals surface area contributed by atoms with Gasteiger partial charge in [0.05, 0.1) is 0 Å². The molecule has 170 valence electrons. The highest BCUT2D eigenvalue weighted by atomic mass is 28.4. The molecule has 0 unspecified atom stereocenters. The lowest BCUT2D eigenvalue weighted by Crippen LogP contribution is -2.52. The van der Waals surface area contributed by atoms with Gasteiger partial charge in [0, 0.05) is 39.3 Å². The van der Waals surface area contributed by atoms with Gasteiger partial charge in [-0.1, -0.05) is 27.7 Å². The van der Waals surface area contributed by atoms with Crippen molar-refractivity contribution in [2.24, 2.45) is 5.41 Å². The normalized spacial score (nSPS) is 13.3. The molecule has 0 aromatic carbocycles. The molecule has 0 radical (unpaired) electrons. The number of nitrogens with zero attached hydrogens (tertiary/aromatic N) is 3. The lowest BCUT2D eigenvalue weighted by molar-refractivity contribution is 0.0716. The summed E-state index contributed by atoms with van der Waals surface area (Å²) in [4.78, 5) is 7.61. The highest BCUT2D eigenvalue weighted by Crippen LogP contribution is 2.33. The van der Waals surface area contributed by atoms with Gasteiger partial charge < -0.3 is 23.6 Å². The van der Waals surface area contributed by atoms with Crippen LogP contribution in [0.4, 0.5) is 0 Å². The van der Waals surface area contributed by atoms with Crippen LogP contribution in [0.3, 0.4) is 0 Å². The summed E-state index contributed by atoms with van der Waals surface area (Å²) >= 11 is 0. The van der Waals surface area contributed by atoms with Crippen molar-refractivity contribution < 1.29 is 8.85 Å². The first-order valence-corrected chi connectivity index (χ1v) is 13.6. The van der Waals surface area contributed by atoms with Gasteiger partial charge in [0.25, 0.3) is 0 Å². The highest BCUT2D eigenvalue weighted by Gasteiger charge is 2.40. The molecule has 0 heterocycles. The molecule has 0 rings (SSSR count). The largest absolute Gasteiger partial charge is 0.398 e. The lowest BCUT2D eigenvalue weighted by atomic mass is 9.82. The molecule has 0 aromatic heterocycles. The summed E-state index contributed by atoms with van der Waals surface area (Å²) in [6, 6.07) is 2.08. The van der Waals surface area contributed by atoms with Gasteiger partial charge in [0.15, 0.2) is 0 Å². The third-order valence-corrected chi connectivity index (χ3v) is 9.53. The minimum Gasteiger partial charge on any atom is -0.398 e. The summed E-state index contributed by atoms with van der Waals surface area (Å²) in [5.74, 6) is 0. The fraction of sp³-hybridized carbons (Fsp3) is 1.00. The zero-order valence-electron chi connectivity index (χ0n) is 20.6. The Labute approximate surface area is 178 Å². The minimum atomic E-state index is -2.09. The van der Waals surface area contributed by atoms with Crippen LogP contribution >= 0.6 is 0 Å². The summed E-state index contributed by atoms with van der Waals surface area (Å²) < 4.78 is 11.9. The van der Waals surface area contributed by atoms with E-state index >= 15 is 0 Å². The zero-order valence-corrected chi connectivity index (χ0v) is 21.6. The van der Waals surface area contributed by atoms with E-state index in [1.807, 2.05) is 14.2 Å². The summed E-state index contributed by atoms with van der Waals surface area (Å²) in [6.45, 7) is 15.9. The standard InChI is InChI=1S/C22H51N3O2Si/c1-10-15-23(5)19-22(20-24(6)16-11-2,21-25(7)17-12-3)14-18-28(13-4,26-8)27-9/h10-21H2,1-9H3. The molecular weight excluding hydrogens is 366 g/mol. The van der Waals surface area contributed by atoms with Crippen molar-refractivity contribution in [3.63, 3.8) is 0 Å². The fourth-order valence-corrected chi connectivity index (χ4v) is 7.11. The van der Waals surface area contributed by atoms with Gasteiger partial charge in [-0.05, 0) is 78.5 Å². The third-order valence-electron chi connectivity index (χ3n) is 5.95. The topological polar surface area (TPSA) is 28.2 Å². The Morgan fingerprint density at radius 3 is 1.29 bits per heavy atom. The van der Waals surface area contributed by atoms with E-state index in [0.29, 0.717) is 0 Å². The summed E-state index contributed by atoms with van der Waals surface area (Å²) in [5.41, 5.74) is 0.224. The maximum absolute atomic E-state index is 5.96. The van der Waals surface area contributed by atoms with Crippen LogP contribution in [0.1, 0.15) is 53.4 Å². The zero-order chi connectivity index (χ0) is 21.6. The molecule has 0 bridgehead atoms. The van der Waals surface area contributed by atoms with Gasteiger partial charge in [0.1, 0.15) is 0 Å². The molecule has 0 spiro atoms. The van der Waals surface area contributed by atoms with Crippen molar-refractivity contribution in [3.05, 3.63) is 0 Å². The van der Waals surface area contributed by atoms with Crippen LogP contribution in [0.15, 0.2) is 0 Å². The smallest absolute Gasteiger partial charge is 0.337 e. The second kappa shape index (κ2) is 14.9. The van der Waals surface area contributed by atoms with Crippen molar-refractivity contribution in [2.75, 3.05) is 74.6 Å². The Balaban J connectivity index is 5.68. The van der Waals surface area contributed by atoms with Crippen molar-refractivity contribution >= 4 is 8.56 Å². The van der Waals surface area contributed by atoms with Gasteiger partial charge in [-0.3, -0.25) is 0 Å². The first-order chi connectivity index (χ1) is 13.3. The molecule has 0 N–H and O–H groups in total. The van der Waals surface area contributed by atoms with E-state index in [0.717, 1.165) is 57.8 Å². The van der Waals surface area contributed by atoms with Crippen LogP contribution < -0.4 is 0 Å². The van der Waals surface area contributed by atoms with E-state index in [4.69, 9.17) is 8.85 Å². The van der Waals surface area contributed by atoms with Crippen molar-refractivity contribution in [3.8, 4) is 0 Å². The summed E-state index contributed by atoms with van der Waals surface area (Å²) in [6.07, 6.45) is 4.76. The van der Waals surface area contributed by atoms with Crippen molar-refractivity contribution in [1.29, 1.82) is 0 Å². The quantitative estimate of drug-likeness (QED) is 0.313. The molecule has 0 amide bonds. The maximum atomic E-state index is 5.96. The Morgan fingerprint density at radius 1 is 0.679 bits per heavy atom. The number of hydrogen-bond donors (Lipinski definition) is 0. The number of rotatable bonds is 18. The number of hydrogen-bond acceptors (Lipinski definition) is 5. The Hall–Kier alpha value is 0.0169. The molecule has 0 aromatic rings. The fourth-order valence-electron chi connectivity index (χ4n) is 4.70. The molecule has 6 heteroatoms. The second-order valence-electron chi connectivity index (χ2n) is 8.89. The molecule has 0 aliphatic heterocycles. The van der Waals surface area contributed by atoms with Crippen LogP contribution in [-0.2, 0) is 8.85 Å². The third kappa shape index (κ3) is 10.2. The predicted octanol–water partition coefficient (Wildman–Crippen LogP) is 4.14. The Morgan fingerprint density at radius 2 is 1.04 bits per heavy atom. The van der Waals surface area contributed by atoms with E-state index in [2.05, 4.69) is 63.5 Å². The second-order valence-corrected chi connectivity index (χ2v) is 12.7. The average molecular weight is 418 g/mol. The van der Waals surface area contributed by atoms with E-state index in [-0.39, 0.29) is 5.41 Å². The van der Waals surface area contributed by atoms with Gasteiger partial charge >= 0.3 is 8.56 Å². The molecule has 0 saturated carbocycles. The first-order valence-electron chi connectivity index (χ1n) is 11.4. The van der Waals surface area contributed by atoms with Gasteiger partial charge in [-0.25, -0.2) is 0 Å². The molecule has 0 saturated heterocycles. The molecule has 0 atom stereocenters. The van der Waals surface area contributed by atoms with Crippen LogP contribution in [0.5, 0.6) is 0 Å². The minimum absolute atomic E-state index is 0.224. The van der Waals surface area contributed by atoms with E-state index in [1.54, 1.807) is 0 Å². The van der Waals surface area contributed by atoms with Crippen LogP contribution in [-0.4, -0.2) is 97.9 Å². The molecule has 0 aliphatic carbocycles. The maximum Gasteiger partial charge on any atom is 0.337 e. The Kier molecular flexibility index (Phi) is 14.9. The van der Waals surface area contributed by atoms with Gasteiger partial charge in [0.2, 0.25) is 0 Å². The van der Waals surface area contributed by atoms with Crippen molar-refractivity contribution in [1.82, 2.24) is 14.7 Å². The van der Waals surface area contributed by atoms with Gasteiger partial charge in [-0.2, -0.15) is 0 Å². The lowest BCUT2D eigenvalue weighted by Gasteiger charge is -2.44. The van der Waals surface area contributed by atoms with Gasteiger partial charge in [-0.15, -0.1) is 0 Å². The van der Waals surface area contributed by atoms with E-state index < -0.39 is 8.56 Å². The van der Waals surface area contributed by atoms with Crippen molar-refractivity contribution in [2.45, 2.75) is 65.5 Å². The first kappa shape index (κ1) is 28.0. The van der Waals surface area contributed by atoms with E-state index in [1.165, 1.54) is 19.3 Å². The molecule has 0 aliphatic rings. The van der Waals surface area contributed by atoms with E-state index in [9.17, 15) is 0 Å². The predicted molar refractivity (Wildman–Crippen MR) is 125 cm³/mol. The SMILES string of the molecule is CCCN(C)CC(CC[Si](CC)(OC)OC)(CN(C)CCC)CN(C)CCC. The van der Waals surface area contributed by atoms with Crippen LogP contribution in [0, 0.1) is 5.41 Å².